The molecule has 1 unspecified atom stereocenters. The number of unbranched alkanes of at least 4 members (excludes halogenated alkanes) is 1. The van der Waals surface area contributed by atoms with Crippen molar-refractivity contribution in [3.8, 4) is 0 Å². The molecule has 3 saturated heterocycles. The van der Waals surface area contributed by atoms with E-state index in [4.69, 9.17) is 0 Å². The molecule has 194 valence electrons. The van der Waals surface area contributed by atoms with E-state index < -0.39 is 41.1 Å². The highest BCUT2D eigenvalue weighted by Gasteiger charge is 2.63. The first kappa shape index (κ1) is 24.7. The molecule has 11 heteroatoms. The quantitative estimate of drug-likeness (QED) is 0.372. The summed E-state index contributed by atoms with van der Waals surface area (Å²) in [6, 6.07) is 3.66. The van der Waals surface area contributed by atoms with Gasteiger partial charge in [-0.25, -0.2) is 9.59 Å². The summed E-state index contributed by atoms with van der Waals surface area (Å²) in [6.07, 6.45) is 4.37. The number of hydrogen-bond acceptors (Lipinski definition) is 7. The van der Waals surface area contributed by atoms with Crippen LogP contribution in [-0.4, -0.2) is 83.6 Å². The van der Waals surface area contributed by atoms with Crippen molar-refractivity contribution in [2.45, 2.75) is 45.1 Å². The Hall–Kier alpha value is -4.02. The maximum atomic E-state index is 13.5. The second-order valence-corrected chi connectivity index (χ2v) is 10.0. The van der Waals surface area contributed by atoms with E-state index in [0.717, 1.165) is 33.2 Å². The summed E-state index contributed by atoms with van der Waals surface area (Å²) in [7, 11) is 2.79. The highest BCUT2D eigenvalue weighted by atomic mass is 16.2. The van der Waals surface area contributed by atoms with Crippen LogP contribution in [-0.2, 0) is 25.6 Å². The number of urea groups is 2. The molecule has 3 fully saturated rings. The number of carbonyl (C=O) groups excluding carboxylic acids is 6. The molecule has 0 saturated carbocycles. The van der Waals surface area contributed by atoms with Crippen LogP contribution in [0.5, 0.6) is 0 Å². The Labute approximate surface area is 214 Å². The smallest absolute Gasteiger partial charge is 0.332 e. The topological polar surface area (TPSA) is 127 Å². The van der Waals surface area contributed by atoms with Gasteiger partial charge in [0.25, 0.3) is 11.8 Å². The normalized spacial score (nSPS) is 24.3. The van der Waals surface area contributed by atoms with Crippen LogP contribution in [0, 0.1) is 5.41 Å². The number of imide groups is 4. The van der Waals surface area contributed by atoms with E-state index in [2.05, 4.69) is 10.2 Å². The molecular formula is C26H29N5O6. The number of hydrogen-bond donors (Lipinski definition) is 1. The van der Waals surface area contributed by atoms with E-state index in [9.17, 15) is 28.8 Å². The zero-order valence-corrected chi connectivity index (χ0v) is 21.1. The van der Waals surface area contributed by atoms with E-state index >= 15 is 0 Å². The monoisotopic (exact) mass is 507 g/mol. The number of benzene rings is 1. The van der Waals surface area contributed by atoms with E-state index in [-0.39, 0.29) is 24.6 Å². The van der Waals surface area contributed by atoms with E-state index in [0.29, 0.717) is 30.5 Å². The molecule has 4 aliphatic heterocycles. The lowest BCUT2D eigenvalue weighted by molar-refractivity contribution is -0.159. The lowest BCUT2D eigenvalue weighted by Crippen LogP contribution is -2.70. The van der Waals surface area contributed by atoms with Crippen molar-refractivity contribution < 1.29 is 28.8 Å². The van der Waals surface area contributed by atoms with Crippen molar-refractivity contribution in [1.82, 2.24) is 20.0 Å². The van der Waals surface area contributed by atoms with Gasteiger partial charge in [0.1, 0.15) is 5.57 Å². The van der Waals surface area contributed by atoms with Gasteiger partial charge in [-0.15, -0.1) is 0 Å². The SMILES string of the molecule is CCCCN1C(=O)NC(=O)C(=Cc2ccc3c(c2)CC2(C(=O)N(C)C(=O)N(C)C2=O)C2CCCN32)C1=O. The molecule has 0 aliphatic carbocycles. The second kappa shape index (κ2) is 8.82. The van der Waals surface area contributed by atoms with Crippen molar-refractivity contribution in [1.29, 1.82) is 0 Å². The molecule has 5 rings (SSSR count). The second-order valence-electron chi connectivity index (χ2n) is 10.0. The average molecular weight is 508 g/mol. The number of rotatable bonds is 4. The summed E-state index contributed by atoms with van der Waals surface area (Å²) in [4.78, 5) is 82.3. The van der Waals surface area contributed by atoms with Crippen LogP contribution in [0.4, 0.5) is 15.3 Å². The van der Waals surface area contributed by atoms with Crippen LogP contribution in [0.25, 0.3) is 6.08 Å². The molecule has 11 nitrogen and oxygen atoms in total. The maximum absolute atomic E-state index is 13.5. The third kappa shape index (κ3) is 3.55. The van der Waals surface area contributed by atoms with Crippen molar-refractivity contribution >= 4 is 47.5 Å². The van der Waals surface area contributed by atoms with Crippen molar-refractivity contribution in [3.05, 3.63) is 34.9 Å². The van der Waals surface area contributed by atoms with Gasteiger partial charge >= 0.3 is 12.1 Å². The largest absolute Gasteiger partial charge is 0.367 e. The number of amides is 8. The van der Waals surface area contributed by atoms with Gasteiger partial charge < -0.3 is 4.90 Å². The highest BCUT2D eigenvalue weighted by molar-refractivity contribution is 6.31. The van der Waals surface area contributed by atoms with Crippen LogP contribution < -0.4 is 10.2 Å². The third-order valence-corrected chi connectivity index (χ3v) is 7.88. The first-order valence-corrected chi connectivity index (χ1v) is 12.5. The number of anilines is 1. The summed E-state index contributed by atoms with van der Waals surface area (Å²) in [5, 5.41) is 2.22. The Bertz CT molecular complexity index is 1260. The van der Waals surface area contributed by atoms with E-state index in [1.54, 1.807) is 12.1 Å². The van der Waals surface area contributed by atoms with Gasteiger partial charge in [-0.1, -0.05) is 19.4 Å². The fourth-order valence-corrected chi connectivity index (χ4v) is 6.01. The predicted molar refractivity (Wildman–Crippen MR) is 132 cm³/mol. The fraction of sp³-hybridized carbons (Fsp3) is 0.462. The highest BCUT2D eigenvalue weighted by Crippen LogP contribution is 2.49. The molecule has 4 aliphatic rings. The summed E-state index contributed by atoms with van der Waals surface area (Å²) in [6.45, 7) is 2.81. The van der Waals surface area contributed by atoms with E-state index in [1.807, 2.05) is 13.0 Å². The fourth-order valence-electron chi connectivity index (χ4n) is 6.01. The first-order chi connectivity index (χ1) is 17.6. The van der Waals surface area contributed by atoms with Gasteiger partial charge in [0.05, 0.1) is 6.04 Å². The molecule has 37 heavy (non-hydrogen) atoms. The van der Waals surface area contributed by atoms with Gasteiger partial charge in [-0.3, -0.25) is 39.2 Å². The van der Waals surface area contributed by atoms with Crippen molar-refractivity contribution in [2.75, 3.05) is 32.1 Å². The van der Waals surface area contributed by atoms with Gasteiger partial charge in [-0.05, 0) is 55.0 Å². The Morgan fingerprint density at radius 1 is 1.05 bits per heavy atom. The molecule has 1 atom stereocenters. The lowest BCUT2D eigenvalue weighted by Gasteiger charge is -2.50. The molecule has 1 aromatic carbocycles. The minimum Gasteiger partial charge on any atom is -0.367 e. The van der Waals surface area contributed by atoms with Gasteiger partial charge in [0, 0.05) is 32.9 Å². The molecule has 1 spiro atoms. The van der Waals surface area contributed by atoms with Gasteiger partial charge in [0.15, 0.2) is 5.41 Å². The average Bonchev–Trinajstić information content (AvgIpc) is 3.38. The van der Waals surface area contributed by atoms with E-state index in [1.165, 1.54) is 20.2 Å². The molecular weight excluding hydrogens is 478 g/mol. The molecule has 0 aromatic heterocycles. The molecule has 8 amide bonds. The Morgan fingerprint density at radius 3 is 2.43 bits per heavy atom. The van der Waals surface area contributed by atoms with Crippen LogP contribution in [0.15, 0.2) is 23.8 Å². The number of barbiturate groups is 2. The predicted octanol–water partition coefficient (Wildman–Crippen LogP) is 1.51. The minimum atomic E-state index is -1.44. The summed E-state index contributed by atoms with van der Waals surface area (Å²) >= 11 is 0. The zero-order chi connectivity index (χ0) is 26.6. The standard InChI is InChI=1S/C26H29N5O6/c1-4-5-10-31-21(33)17(20(32)27-24(31)36)13-15-8-9-18-16(12-15)14-26(19-7-6-11-30(18)19)22(34)28(2)25(37)29(3)23(26)35/h8-9,12-13,19H,4-7,10-11,14H2,1-3H3,(H,27,32,36). The lowest BCUT2D eigenvalue weighted by atomic mass is 9.68. The summed E-state index contributed by atoms with van der Waals surface area (Å²) < 4.78 is 0. The molecule has 1 N–H and O–H groups in total. The Kier molecular flexibility index (Phi) is 5.88. The molecule has 0 radical (unpaired) electrons. The number of nitrogens with one attached hydrogen (secondary N) is 1. The zero-order valence-electron chi connectivity index (χ0n) is 21.1. The van der Waals surface area contributed by atoms with Gasteiger partial charge in [0.2, 0.25) is 11.8 Å². The maximum Gasteiger partial charge on any atom is 0.332 e. The number of fused-ring (bicyclic) bond motifs is 4. The molecule has 4 heterocycles. The van der Waals surface area contributed by atoms with Crippen LogP contribution in [0.2, 0.25) is 0 Å². The van der Waals surface area contributed by atoms with Crippen molar-refractivity contribution in [2.24, 2.45) is 5.41 Å². The summed E-state index contributed by atoms with van der Waals surface area (Å²) in [5.74, 6) is -2.45. The number of carbonyl (C=O) groups is 6. The first-order valence-electron chi connectivity index (χ1n) is 12.5. The van der Waals surface area contributed by atoms with Gasteiger partial charge in [-0.2, -0.15) is 0 Å². The Balaban J connectivity index is 1.55. The van der Waals surface area contributed by atoms with Crippen LogP contribution in [0.1, 0.15) is 43.7 Å². The number of nitrogens with zero attached hydrogens (tertiary/aromatic N) is 4. The third-order valence-electron chi connectivity index (χ3n) is 7.88. The molecule has 0 bridgehead atoms. The van der Waals surface area contributed by atoms with Crippen LogP contribution in [0.3, 0.4) is 0 Å². The van der Waals surface area contributed by atoms with Crippen molar-refractivity contribution in [3.63, 3.8) is 0 Å². The minimum absolute atomic E-state index is 0.0986. The molecule has 1 aromatic rings. The van der Waals surface area contributed by atoms with Crippen LogP contribution >= 0.6 is 0 Å². The Morgan fingerprint density at radius 2 is 1.76 bits per heavy atom. The summed E-state index contributed by atoms with van der Waals surface area (Å²) in [5.41, 5.74) is 0.539.